The molecule has 0 atom stereocenters. The molecular formula is C23H20FN3O3. The van der Waals surface area contributed by atoms with E-state index in [0.29, 0.717) is 22.9 Å². The predicted octanol–water partition coefficient (Wildman–Crippen LogP) is 5.05. The first-order valence-electron chi connectivity index (χ1n) is 9.41. The van der Waals surface area contributed by atoms with Gasteiger partial charge in [0.25, 0.3) is 5.91 Å². The number of nitrogens with one attached hydrogen (secondary N) is 1. The van der Waals surface area contributed by atoms with Crippen LogP contribution >= 0.6 is 0 Å². The quantitative estimate of drug-likeness (QED) is 0.487. The third kappa shape index (κ3) is 4.10. The average molecular weight is 405 g/mol. The summed E-state index contributed by atoms with van der Waals surface area (Å²) < 4.78 is 25.9. The van der Waals surface area contributed by atoms with Crippen LogP contribution in [0.5, 0.6) is 5.75 Å². The number of aromatic nitrogens is 2. The summed E-state index contributed by atoms with van der Waals surface area (Å²) in [5.41, 5.74) is 3.08. The molecule has 4 aromatic rings. The van der Waals surface area contributed by atoms with Gasteiger partial charge in [-0.15, -0.1) is 0 Å². The fourth-order valence-electron chi connectivity index (χ4n) is 3.08. The van der Waals surface area contributed by atoms with Crippen molar-refractivity contribution in [1.82, 2.24) is 9.78 Å². The van der Waals surface area contributed by atoms with Crippen molar-refractivity contribution in [1.29, 1.82) is 0 Å². The second kappa shape index (κ2) is 8.24. The van der Waals surface area contributed by atoms with E-state index in [1.807, 2.05) is 44.2 Å². The fourth-order valence-corrected chi connectivity index (χ4v) is 3.08. The van der Waals surface area contributed by atoms with Crippen molar-refractivity contribution in [3.05, 3.63) is 95.5 Å². The SMILES string of the molecule is Cc1nn(-c2ccccc2)c(C)c1NC(=O)c1ccc(COc2ccc(F)cc2)o1. The number of hydrogen-bond donors (Lipinski definition) is 1. The molecular weight excluding hydrogens is 385 g/mol. The van der Waals surface area contributed by atoms with Crippen LogP contribution in [0.2, 0.25) is 0 Å². The van der Waals surface area contributed by atoms with Gasteiger partial charge >= 0.3 is 0 Å². The summed E-state index contributed by atoms with van der Waals surface area (Å²) in [5, 5.41) is 7.41. The minimum atomic E-state index is -0.373. The number of carbonyl (C=O) groups excluding carboxylic acids is 1. The van der Waals surface area contributed by atoms with E-state index < -0.39 is 0 Å². The van der Waals surface area contributed by atoms with E-state index in [2.05, 4.69) is 10.4 Å². The molecule has 152 valence electrons. The molecule has 0 radical (unpaired) electrons. The van der Waals surface area contributed by atoms with Gasteiger partial charge in [0.05, 0.1) is 22.8 Å². The number of carbonyl (C=O) groups is 1. The average Bonchev–Trinajstić information content (AvgIpc) is 3.34. The molecule has 0 saturated carbocycles. The Hall–Kier alpha value is -3.87. The number of amides is 1. The lowest BCUT2D eigenvalue weighted by Crippen LogP contribution is -2.12. The zero-order chi connectivity index (χ0) is 21.1. The van der Waals surface area contributed by atoms with Gasteiger partial charge in [-0.2, -0.15) is 5.10 Å². The van der Waals surface area contributed by atoms with Gasteiger partial charge in [-0.25, -0.2) is 9.07 Å². The number of furan rings is 1. The largest absolute Gasteiger partial charge is 0.486 e. The summed E-state index contributed by atoms with van der Waals surface area (Å²) in [7, 11) is 0. The number of aryl methyl sites for hydroxylation is 1. The summed E-state index contributed by atoms with van der Waals surface area (Å²) in [6.07, 6.45) is 0. The van der Waals surface area contributed by atoms with E-state index in [0.717, 1.165) is 11.4 Å². The highest BCUT2D eigenvalue weighted by molar-refractivity contribution is 6.03. The Balaban J connectivity index is 1.45. The van der Waals surface area contributed by atoms with E-state index in [4.69, 9.17) is 9.15 Å². The molecule has 0 bridgehead atoms. The monoisotopic (exact) mass is 405 g/mol. The van der Waals surface area contributed by atoms with Gasteiger partial charge in [0.15, 0.2) is 5.76 Å². The zero-order valence-corrected chi connectivity index (χ0v) is 16.6. The maximum atomic E-state index is 13.0. The molecule has 7 heteroatoms. The van der Waals surface area contributed by atoms with Gasteiger partial charge < -0.3 is 14.5 Å². The highest BCUT2D eigenvalue weighted by atomic mass is 19.1. The summed E-state index contributed by atoms with van der Waals surface area (Å²) in [6, 6.07) is 18.7. The van der Waals surface area contributed by atoms with Crippen molar-refractivity contribution < 1.29 is 18.3 Å². The van der Waals surface area contributed by atoms with E-state index in [1.54, 1.807) is 16.8 Å². The van der Waals surface area contributed by atoms with Crippen LogP contribution in [-0.4, -0.2) is 15.7 Å². The van der Waals surface area contributed by atoms with Crippen molar-refractivity contribution in [2.24, 2.45) is 0 Å². The third-order valence-electron chi connectivity index (χ3n) is 4.61. The van der Waals surface area contributed by atoms with Gasteiger partial charge in [0, 0.05) is 0 Å². The van der Waals surface area contributed by atoms with E-state index >= 15 is 0 Å². The van der Waals surface area contributed by atoms with Crippen molar-refractivity contribution >= 4 is 11.6 Å². The van der Waals surface area contributed by atoms with E-state index in [1.165, 1.54) is 24.3 Å². The molecule has 0 spiro atoms. The lowest BCUT2D eigenvalue weighted by atomic mass is 10.3. The van der Waals surface area contributed by atoms with Crippen LogP contribution in [0.4, 0.5) is 10.1 Å². The Morgan fingerprint density at radius 1 is 1.07 bits per heavy atom. The van der Waals surface area contributed by atoms with Gasteiger partial charge in [-0.05, 0) is 62.4 Å². The van der Waals surface area contributed by atoms with Gasteiger partial charge in [-0.1, -0.05) is 18.2 Å². The van der Waals surface area contributed by atoms with Crippen LogP contribution in [0, 0.1) is 19.7 Å². The molecule has 0 aliphatic carbocycles. The number of ether oxygens (including phenoxy) is 1. The van der Waals surface area contributed by atoms with E-state index in [-0.39, 0.29) is 24.1 Å². The summed E-state index contributed by atoms with van der Waals surface area (Å²) >= 11 is 0. The van der Waals surface area contributed by atoms with Crippen molar-refractivity contribution in [2.45, 2.75) is 20.5 Å². The van der Waals surface area contributed by atoms with Crippen LogP contribution in [0.25, 0.3) is 5.69 Å². The smallest absolute Gasteiger partial charge is 0.291 e. The molecule has 1 N–H and O–H groups in total. The predicted molar refractivity (Wildman–Crippen MR) is 110 cm³/mol. The minimum Gasteiger partial charge on any atom is -0.486 e. The summed E-state index contributed by atoms with van der Waals surface area (Å²) in [5.74, 6) is 0.456. The molecule has 2 aromatic heterocycles. The Morgan fingerprint density at radius 3 is 2.53 bits per heavy atom. The lowest BCUT2D eigenvalue weighted by Gasteiger charge is -2.06. The van der Waals surface area contributed by atoms with Crippen LogP contribution in [0.15, 0.2) is 71.1 Å². The standard InChI is InChI=1S/C23H20FN3O3/c1-15-22(16(2)27(26-15)18-6-4-3-5-7-18)25-23(28)21-13-12-20(30-21)14-29-19-10-8-17(24)9-11-19/h3-13H,14H2,1-2H3,(H,25,28). The number of nitrogens with zero attached hydrogens (tertiary/aromatic N) is 2. The van der Waals surface area contributed by atoms with Crippen molar-refractivity contribution in [2.75, 3.05) is 5.32 Å². The fraction of sp³-hybridized carbons (Fsp3) is 0.130. The topological polar surface area (TPSA) is 69.3 Å². The van der Waals surface area contributed by atoms with Gasteiger partial charge in [-0.3, -0.25) is 4.79 Å². The second-order valence-electron chi connectivity index (χ2n) is 6.76. The minimum absolute atomic E-state index is 0.128. The molecule has 0 aliphatic rings. The number of benzene rings is 2. The first-order chi connectivity index (χ1) is 14.5. The maximum Gasteiger partial charge on any atom is 0.291 e. The Kier molecular flexibility index (Phi) is 5.34. The molecule has 4 rings (SSSR count). The molecule has 0 saturated heterocycles. The third-order valence-corrected chi connectivity index (χ3v) is 4.61. The molecule has 6 nitrogen and oxygen atoms in total. The summed E-state index contributed by atoms with van der Waals surface area (Å²) in [6.45, 7) is 3.86. The Morgan fingerprint density at radius 2 is 1.80 bits per heavy atom. The molecule has 30 heavy (non-hydrogen) atoms. The molecule has 0 unspecified atom stereocenters. The highest BCUT2D eigenvalue weighted by Crippen LogP contribution is 2.24. The highest BCUT2D eigenvalue weighted by Gasteiger charge is 2.18. The summed E-state index contributed by atoms with van der Waals surface area (Å²) in [4.78, 5) is 12.7. The maximum absolute atomic E-state index is 13.0. The molecule has 0 fully saturated rings. The van der Waals surface area contributed by atoms with Crippen molar-refractivity contribution in [3.8, 4) is 11.4 Å². The van der Waals surface area contributed by atoms with Crippen LogP contribution in [-0.2, 0) is 6.61 Å². The molecule has 0 aliphatic heterocycles. The van der Waals surface area contributed by atoms with Crippen LogP contribution < -0.4 is 10.1 Å². The number of rotatable bonds is 6. The van der Waals surface area contributed by atoms with Gasteiger partial charge in [0.2, 0.25) is 0 Å². The van der Waals surface area contributed by atoms with Gasteiger partial charge in [0.1, 0.15) is 23.9 Å². The van der Waals surface area contributed by atoms with Crippen LogP contribution in [0.3, 0.4) is 0 Å². The Labute approximate surface area is 172 Å². The first kappa shape index (κ1) is 19.4. The first-order valence-corrected chi connectivity index (χ1v) is 9.41. The van der Waals surface area contributed by atoms with Crippen LogP contribution in [0.1, 0.15) is 27.7 Å². The van der Waals surface area contributed by atoms with E-state index in [9.17, 15) is 9.18 Å². The molecule has 2 aromatic carbocycles. The number of halogens is 1. The van der Waals surface area contributed by atoms with Crippen molar-refractivity contribution in [3.63, 3.8) is 0 Å². The molecule has 1 amide bonds. The number of hydrogen-bond acceptors (Lipinski definition) is 4. The normalized spacial score (nSPS) is 10.8. The zero-order valence-electron chi connectivity index (χ0n) is 16.6. The molecule has 2 heterocycles. The lowest BCUT2D eigenvalue weighted by molar-refractivity contribution is 0.0992. The number of para-hydroxylation sites is 1. The number of anilines is 1. The second-order valence-corrected chi connectivity index (χ2v) is 6.76. The Bertz CT molecular complexity index is 1160.